The number of nitrogens with one attached hydrogen (secondary N) is 1. The van der Waals surface area contributed by atoms with Gasteiger partial charge in [-0.3, -0.25) is 4.79 Å². The SMILES string of the molecule is O=C(Nc1ccc(Cl)cn1)C1CCN(c2ccccc2)CC1. The van der Waals surface area contributed by atoms with E-state index in [1.165, 1.54) is 11.9 Å². The second-order valence-electron chi connectivity index (χ2n) is 5.45. The van der Waals surface area contributed by atoms with Crippen LogP contribution in [0.3, 0.4) is 0 Å². The topological polar surface area (TPSA) is 45.2 Å². The average Bonchev–Trinajstić information content (AvgIpc) is 2.58. The molecule has 0 spiro atoms. The van der Waals surface area contributed by atoms with Gasteiger partial charge in [0.1, 0.15) is 5.82 Å². The second kappa shape index (κ2) is 6.79. The summed E-state index contributed by atoms with van der Waals surface area (Å²) in [5.74, 6) is 0.639. The fourth-order valence-corrected chi connectivity index (χ4v) is 2.83. The molecule has 2 heterocycles. The van der Waals surface area contributed by atoms with Crippen molar-refractivity contribution in [2.24, 2.45) is 5.92 Å². The molecule has 0 saturated carbocycles. The second-order valence-corrected chi connectivity index (χ2v) is 5.88. The van der Waals surface area contributed by atoms with Crippen molar-refractivity contribution < 1.29 is 4.79 Å². The number of rotatable bonds is 3. The van der Waals surface area contributed by atoms with E-state index in [4.69, 9.17) is 11.6 Å². The van der Waals surface area contributed by atoms with Crippen LogP contribution in [0, 0.1) is 5.92 Å². The minimum Gasteiger partial charge on any atom is -0.371 e. The summed E-state index contributed by atoms with van der Waals surface area (Å²) in [4.78, 5) is 18.7. The van der Waals surface area contributed by atoms with Gasteiger partial charge in [0.15, 0.2) is 0 Å². The number of carbonyl (C=O) groups excluding carboxylic acids is 1. The Morgan fingerprint density at radius 2 is 1.86 bits per heavy atom. The van der Waals surface area contributed by atoms with Crippen LogP contribution in [0.2, 0.25) is 5.02 Å². The number of aromatic nitrogens is 1. The quantitative estimate of drug-likeness (QED) is 0.941. The maximum Gasteiger partial charge on any atom is 0.228 e. The fourth-order valence-electron chi connectivity index (χ4n) is 2.72. The number of anilines is 2. The summed E-state index contributed by atoms with van der Waals surface area (Å²) < 4.78 is 0. The first-order chi connectivity index (χ1) is 10.7. The van der Waals surface area contributed by atoms with Crippen molar-refractivity contribution in [1.29, 1.82) is 0 Å². The molecule has 114 valence electrons. The normalized spacial score (nSPS) is 15.6. The maximum atomic E-state index is 12.3. The van der Waals surface area contributed by atoms with Crippen LogP contribution in [0.25, 0.3) is 0 Å². The number of para-hydroxylation sites is 1. The van der Waals surface area contributed by atoms with E-state index in [2.05, 4.69) is 27.3 Å². The summed E-state index contributed by atoms with van der Waals surface area (Å²) in [5, 5.41) is 3.43. The number of carbonyl (C=O) groups is 1. The van der Waals surface area contributed by atoms with Gasteiger partial charge in [0.2, 0.25) is 5.91 Å². The van der Waals surface area contributed by atoms with Crippen molar-refractivity contribution in [2.75, 3.05) is 23.3 Å². The van der Waals surface area contributed by atoms with E-state index in [0.717, 1.165) is 25.9 Å². The summed E-state index contributed by atoms with van der Waals surface area (Å²) >= 11 is 5.79. The van der Waals surface area contributed by atoms with Crippen molar-refractivity contribution >= 4 is 29.0 Å². The lowest BCUT2D eigenvalue weighted by atomic mass is 9.95. The highest BCUT2D eigenvalue weighted by molar-refractivity contribution is 6.30. The van der Waals surface area contributed by atoms with Gasteiger partial charge in [-0.2, -0.15) is 0 Å². The summed E-state index contributed by atoms with van der Waals surface area (Å²) in [6.45, 7) is 1.80. The minimum absolute atomic E-state index is 0.0393. The standard InChI is InChI=1S/C17H18ClN3O/c18-14-6-7-16(19-12-14)20-17(22)13-8-10-21(11-9-13)15-4-2-1-3-5-15/h1-7,12-13H,8-11H2,(H,19,20,22). The van der Waals surface area contributed by atoms with Crippen molar-refractivity contribution in [3.8, 4) is 0 Å². The summed E-state index contributed by atoms with van der Waals surface area (Å²) in [7, 11) is 0. The molecular formula is C17H18ClN3O. The molecule has 5 heteroatoms. The average molecular weight is 316 g/mol. The van der Waals surface area contributed by atoms with Gasteiger partial charge in [-0.15, -0.1) is 0 Å². The van der Waals surface area contributed by atoms with Gasteiger partial charge in [-0.1, -0.05) is 29.8 Å². The molecule has 0 unspecified atom stereocenters. The van der Waals surface area contributed by atoms with E-state index in [0.29, 0.717) is 10.8 Å². The molecule has 3 rings (SSSR count). The molecule has 1 aromatic heterocycles. The molecule has 0 aliphatic carbocycles. The number of nitrogens with zero attached hydrogens (tertiary/aromatic N) is 2. The predicted octanol–water partition coefficient (Wildman–Crippen LogP) is 3.59. The van der Waals surface area contributed by atoms with E-state index in [1.54, 1.807) is 12.1 Å². The molecule has 1 fully saturated rings. The third kappa shape index (κ3) is 3.57. The first kappa shape index (κ1) is 14.9. The zero-order chi connectivity index (χ0) is 15.4. The Hall–Kier alpha value is -2.07. The number of benzene rings is 1. The van der Waals surface area contributed by atoms with Crippen LogP contribution in [-0.2, 0) is 4.79 Å². The summed E-state index contributed by atoms with van der Waals surface area (Å²) in [6.07, 6.45) is 3.25. The van der Waals surface area contributed by atoms with Crippen LogP contribution >= 0.6 is 11.6 Å². The molecule has 1 saturated heterocycles. The molecule has 1 aliphatic heterocycles. The van der Waals surface area contributed by atoms with E-state index < -0.39 is 0 Å². The Balaban J connectivity index is 1.54. The molecule has 0 radical (unpaired) electrons. The van der Waals surface area contributed by atoms with Crippen LogP contribution in [-0.4, -0.2) is 24.0 Å². The molecular weight excluding hydrogens is 298 g/mol. The van der Waals surface area contributed by atoms with Gasteiger partial charge < -0.3 is 10.2 Å². The molecule has 1 N–H and O–H groups in total. The molecule has 4 nitrogen and oxygen atoms in total. The fraction of sp³-hybridized carbons (Fsp3) is 0.294. The number of amides is 1. The Morgan fingerprint density at radius 1 is 1.14 bits per heavy atom. The van der Waals surface area contributed by atoms with Crippen molar-refractivity contribution in [2.45, 2.75) is 12.8 Å². The lowest BCUT2D eigenvalue weighted by Gasteiger charge is -2.32. The third-order valence-corrected chi connectivity index (χ3v) is 4.19. The van der Waals surface area contributed by atoms with Crippen molar-refractivity contribution in [1.82, 2.24) is 4.98 Å². The maximum absolute atomic E-state index is 12.3. The van der Waals surface area contributed by atoms with E-state index in [1.807, 2.05) is 18.2 Å². The smallest absolute Gasteiger partial charge is 0.228 e. The highest BCUT2D eigenvalue weighted by Crippen LogP contribution is 2.24. The van der Waals surface area contributed by atoms with Crippen LogP contribution in [0.5, 0.6) is 0 Å². The first-order valence-corrected chi connectivity index (χ1v) is 7.82. The molecule has 1 amide bonds. The monoisotopic (exact) mass is 315 g/mol. The van der Waals surface area contributed by atoms with Crippen LogP contribution in [0.1, 0.15) is 12.8 Å². The largest absolute Gasteiger partial charge is 0.371 e. The van der Waals surface area contributed by atoms with Crippen molar-refractivity contribution in [3.05, 3.63) is 53.7 Å². The van der Waals surface area contributed by atoms with Crippen LogP contribution in [0.4, 0.5) is 11.5 Å². The lowest BCUT2D eigenvalue weighted by Crippen LogP contribution is -2.38. The number of piperidine rings is 1. The molecule has 0 bridgehead atoms. The van der Waals surface area contributed by atoms with Gasteiger partial charge in [0.05, 0.1) is 5.02 Å². The molecule has 22 heavy (non-hydrogen) atoms. The lowest BCUT2D eigenvalue weighted by molar-refractivity contribution is -0.120. The Morgan fingerprint density at radius 3 is 2.50 bits per heavy atom. The first-order valence-electron chi connectivity index (χ1n) is 7.45. The van der Waals surface area contributed by atoms with E-state index in [-0.39, 0.29) is 11.8 Å². The number of pyridine rings is 1. The molecule has 1 aromatic carbocycles. The van der Waals surface area contributed by atoms with Gasteiger partial charge >= 0.3 is 0 Å². The Labute approximate surface area is 135 Å². The summed E-state index contributed by atoms with van der Waals surface area (Å²) in [6, 6.07) is 13.8. The zero-order valence-electron chi connectivity index (χ0n) is 12.2. The number of hydrogen-bond acceptors (Lipinski definition) is 3. The van der Waals surface area contributed by atoms with Gasteiger partial charge in [0.25, 0.3) is 0 Å². The van der Waals surface area contributed by atoms with Crippen LogP contribution in [0.15, 0.2) is 48.7 Å². The van der Waals surface area contributed by atoms with E-state index in [9.17, 15) is 4.79 Å². The van der Waals surface area contributed by atoms with Gasteiger partial charge in [-0.25, -0.2) is 4.98 Å². The molecule has 2 aromatic rings. The molecule has 1 aliphatic rings. The van der Waals surface area contributed by atoms with Gasteiger partial charge in [0, 0.05) is 30.9 Å². The van der Waals surface area contributed by atoms with Crippen molar-refractivity contribution in [3.63, 3.8) is 0 Å². The van der Waals surface area contributed by atoms with Crippen LogP contribution < -0.4 is 10.2 Å². The minimum atomic E-state index is 0.0393. The highest BCUT2D eigenvalue weighted by Gasteiger charge is 2.25. The Kier molecular flexibility index (Phi) is 4.59. The zero-order valence-corrected chi connectivity index (χ0v) is 13.0. The Bertz CT molecular complexity index is 622. The third-order valence-electron chi connectivity index (χ3n) is 3.97. The summed E-state index contributed by atoms with van der Waals surface area (Å²) in [5.41, 5.74) is 1.22. The number of halogens is 1. The number of hydrogen-bond donors (Lipinski definition) is 1. The predicted molar refractivity (Wildman–Crippen MR) is 89.3 cm³/mol. The highest BCUT2D eigenvalue weighted by atomic mass is 35.5. The van der Waals surface area contributed by atoms with Gasteiger partial charge in [-0.05, 0) is 37.1 Å². The van der Waals surface area contributed by atoms with E-state index >= 15 is 0 Å². The molecule has 0 atom stereocenters.